The Morgan fingerprint density at radius 3 is 2.34 bits per heavy atom. The van der Waals surface area contributed by atoms with E-state index in [1.807, 2.05) is 30.3 Å². The Labute approximate surface area is 191 Å². The molecule has 174 valence electrons. The van der Waals surface area contributed by atoms with Gasteiger partial charge in [-0.2, -0.15) is 0 Å². The van der Waals surface area contributed by atoms with Gasteiger partial charge in [0.25, 0.3) is 0 Å². The fourth-order valence-corrected chi connectivity index (χ4v) is 5.05. The van der Waals surface area contributed by atoms with Crippen molar-refractivity contribution in [2.75, 3.05) is 26.6 Å². The summed E-state index contributed by atoms with van der Waals surface area (Å²) in [5.41, 5.74) is 1.14. The minimum absolute atomic E-state index is 0.0438. The highest BCUT2D eigenvalue weighted by molar-refractivity contribution is 7.99. The maximum absolute atomic E-state index is 10.7. The number of thioether (sulfide) groups is 1. The number of hydrogen-bond acceptors (Lipinski definition) is 9. The van der Waals surface area contributed by atoms with Crippen LogP contribution in [-0.4, -0.2) is 71.8 Å². The number of phenolic OH excluding ortho intramolecular Hbond substituents is 1. The monoisotopic (exact) mass is 464 g/mol. The first kappa shape index (κ1) is 23.2. The molecule has 0 amide bonds. The number of methoxy groups -OCH3 is 2. The van der Waals surface area contributed by atoms with Crippen molar-refractivity contribution in [2.24, 2.45) is 0 Å². The fraction of sp³-hybridized carbons (Fsp3) is 0.478. The van der Waals surface area contributed by atoms with Crippen molar-refractivity contribution in [1.29, 1.82) is 0 Å². The summed E-state index contributed by atoms with van der Waals surface area (Å²) in [5, 5.41) is 31.4. The Morgan fingerprint density at radius 2 is 1.69 bits per heavy atom. The van der Waals surface area contributed by atoms with Gasteiger partial charge in [0, 0.05) is 5.56 Å². The number of benzene rings is 2. The molecule has 0 radical (unpaired) electrons. The van der Waals surface area contributed by atoms with E-state index in [1.54, 1.807) is 12.1 Å². The smallest absolute Gasteiger partial charge is 0.200 e. The van der Waals surface area contributed by atoms with Crippen LogP contribution in [0.4, 0.5) is 0 Å². The van der Waals surface area contributed by atoms with E-state index >= 15 is 0 Å². The quantitative estimate of drug-likeness (QED) is 0.569. The molecule has 4 rings (SSSR count). The first-order chi connectivity index (χ1) is 15.5. The average Bonchev–Trinajstić information content (AvgIpc) is 2.83. The van der Waals surface area contributed by atoms with Crippen LogP contribution in [0.2, 0.25) is 0 Å². The van der Waals surface area contributed by atoms with Crippen LogP contribution in [0.3, 0.4) is 0 Å². The number of rotatable bonds is 7. The van der Waals surface area contributed by atoms with Crippen molar-refractivity contribution in [3.05, 3.63) is 53.6 Å². The lowest BCUT2D eigenvalue weighted by Gasteiger charge is -2.46. The minimum atomic E-state index is -1.10. The third-order valence-electron chi connectivity index (χ3n) is 5.62. The van der Waals surface area contributed by atoms with Crippen LogP contribution >= 0.6 is 11.8 Å². The molecule has 6 atom stereocenters. The van der Waals surface area contributed by atoms with Gasteiger partial charge in [0.1, 0.15) is 29.9 Å². The molecule has 8 nitrogen and oxygen atoms in total. The Kier molecular flexibility index (Phi) is 7.44. The lowest BCUT2D eigenvalue weighted by atomic mass is 9.99. The van der Waals surface area contributed by atoms with Crippen molar-refractivity contribution < 1.29 is 39.0 Å². The van der Waals surface area contributed by atoms with Gasteiger partial charge in [-0.3, -0.25) is 0 Å². The van der Waals surface area contributed by atoms with Gasteiger partial charge in [0.05, 0.1) is 20.8 Å². The number of hydrogen-bond donors (Lipinski definition) is 3. The normalized spacial score (nSPS) is 29.9. The summed E-state index contributed by atoms with van der Waals surface area (Å²) in [4.78, 5) is 0. The first-order valence-electron chi connectivity index (χ1n) is 10.4. The maximum Gasteiger partial charge on any atom is 0.200 e. The van der Waals surface area contributed by atoms with Crippen LogP contribution in [0.15, 0.2) is 42.5 Å². The van der Waals surface area contributed by atoms with Crippen LogP contribution in [0.25, 0.3) is 0 Å². The number of aliphatic hydroxyl groups excluding tert-OH is 2. The zero-order valence-corrected chi connectivity index (χ0v) is 18.7. The van der Waals surface area contributed by atoms with Gasteiger partial charge in [-0.05, 0) is 29.9 Å². The molecule has 2 aromatic rings. The number of ether oxygens (including phenoxy) is 5. The molecule has 0 aliphatic carbocycles. The lowest BCUT2D eigenvalue weighted by molar-refractivity contribution is -0.318. The molecular weight excluding hydrogens is 436 g/mol. The van der Waals surface area contributed by atoms with Gasteiger partial charge in [0.15, 0.2) is 17.8 Å². The average molecular weight is 465 g/mol. The summed E-state index contributed by atoms with van der Waals surface area (Å²) in [5.74, 6) is 1.23. The van der Waals surface area contributed by atoms with E-state index in [1.165, 1.54) is 26.0 Å². The molecular formula is C23H28O8S. The third kappa shape index (κ3) is 4.83. The molecule has 2 aliphatic heterocycles. The number of aliphatic hydroxyl groups is 2. The molecule has 0 aromatic heterocycles. The highest BCUT2D eigenvalue weighted by Crippen LogP contribution is 2.39. The molecule has 3 N–H and O–H groups in total. The van der Waals surface area contributed by atoms with Gasteiger partial charge in [-0.1, -0.05) is 30.3 Å². The molecule has 2 saturated heterocycles. The van der Waals surface area contributed by atoms with E-state index in [0.29, 0.717) is 23.7 Å². The summed E-state index contributed by atoms with van der Waals surface area (Å²) in [6, 6.07) is 13.0. The van der Waals surface area contributed by atoms with E-state index in [-0.39, 0.29) is 12.4 Å². The molecule has 2 aliphatic rings. The van der Waals surface area contributed by atoms with Crippen LogP contribution in [-0.2, 0) is 20.6 Å². The van der Waals surface area contributed by atoms with Crippen molar-refractivity contribution in [3.63, 3.8) is 0 Å². The molecule has 2 aromatic carbocycles. The van der Waals surface area contributed by atoms with Crippen molar-refractivity contribution in [3.8, 4) is 17.2 Å². The maximum atomic E-state index is 10.7. The van der Waals surface area contributed by atoms with E-state index in [0.717, 1.165) is 11.1 Å². The summed E-state index contributed by atoms with van der Waals surface area (Å²) in [6.07, 6.45) is -3.31. The number of phenols is 1. The zero-order chi connectivity index (χ0) is 22.7. The fourth-order valence-electron chi connectivity index (χ4n) is 3.88. The van der Waals surface area contributed by atoms with Gasteiger partial charge in [0.2, 0.25) is 5.75 Å². The number of aromatic hydroxyl groups is 1. The molecule has 2 heterocycles. The lowest BCUT2D eigenvalue weighted by Crippen LogP contribution is -2.60. The number of aryl methyl sites for hydroxylation is 1. The second-order valence-electron chi connectivity index (χ2n) is 7.67. The highest BCUT2D eigenvalue weighted by Gasteiger charge is 2.48. The summed E-state index contributed by atoms with van der Waals surface area (Å²) < 4.78 is 28.1. The second kappa shape index (κ2) is 10.3. The predicted molar refractivity (Wildman–Crippen MR) is 118 cm³/mol. The molecule has 32 heavy (non-hydrogen) atoms. The van der Waals surface area contributed by atoms with E-state index < -0.39 is 36.1 Å². The van der Waals surface area contributed by atoms with Crippen LogP contribution in [0.1, 0.15) is 17.4 Å². The highest BCUT2D eigenvalue weighted by atomic mass is 32.2. The molecule has 0 spiro atoms. The standard InChI is InChI=1S/C23H28O8S/c1-27-15-10-13(11-16(28-2)18(15)24)8-9-32-23-20(26)19(25)21-17(30-23)12-29-22(31-21)14-6-4-3-5-7-14/h3-7,10-11,17,19-26H,8-9,12H2,1-2H3/t17-,19-,20-,21-,22?,23+/m1/s1. The van der Waals surface area contributed by atoms with Gasteiger partial charge in [-0.25, -0.2) is 0 Å². The Bertz CT molecular complexity index is 868. The minimum Gasteiger partial charge on any atom is -0.502 e. The molecule has 1 unspecified atom stereocenters. The molecule has 9 heteroatoms. The Balaban J connectivity index is 1.35. The summed E-state index contributed by atoms with van der Waals surface area (Å²) in [6.45, 7) is 0.261. The third-order valence-corrected chi connectivity index (χ3v) is 6.78. The van der Waals surface area contributed by atoms with E-state index in [2.05, 4.69) is 0 Å². The molecule has 0 saturated carbocycles. The van der Waals surface area contributed by atoms with Gasteiger partial charge >= 0.3 is 0 Å². The zero-order valence-electron chi connectivity index (χ0n) is 17.9. The second-order valence-corrected chi connectivity index (χ2v) is 8.88. The van der Waals surface area contributed by atoms with Crippen LogP contribution < -0.4 is 9.47 Å². The molecule has 2 fully saturated rings. The topological polar surface area (TPSA) is 107 Å². The largest absolute Gasteiger partial charge is 0.502 e. The van der Waals surface area contributed by atoms with Crippen molar-refractivity contribution >= 4 is 11.8 Å². The molecule has 0 bridgehead atoms. The SMILES string of the molecule is COc1cc(CCS[C@@H]2O[C@@H]3COC(c4ccccc4)O[C@H]3[C@H](O)[C@H]2O)cc(OC)c1O. The van der Waals surface area contributed by atoms with Crippen LogP contribution in [0, 0.1) is 0 Å². The van der Waals surface area contributed by atoms with Crippen molar-refractivity contribution in [2.45, 2.75) is 42.6 Å². The Hall–Kier alpha value is -2.01. The van der Waals surface area contributed by atoms with E-state index in [9.17, 15) is 15.3 Å². The van der Waals surface area contributed by atoms with E-state index in [4.69, 9.17) is 23.7 Å². The first-order valence-corrected chi connectivity index (χ1v) is 11.5. The van der Waals surface area contributed by atoms with Crippen molar-refractivity contribution in [1.82, 2.24) is 0 Å². The Morgan fingerprint density at radius 1 is 1.00 bits per heavy atom. The predicted octanol–water partition coefficient (Wildman–Crippen LogP) is 2.25. The summed E-state index contributed by atoms with van der Waals surface area (Å²) in [7, 11) is 2.96. The van der Waals surface area contributed by atoms with Crippen LogP contribution in [0.5, 0.6) is 17.2 Å². The number of fused-ring (bicyclic) bond motifs is 1. The van der Waals surface area contributed by atoms with Gasteiger partial charge in [-0.15, -0.1) is 11.8 Å². The summed E-state index contributed by atoms with van der Waals surface area (Å²) >= 11 is 1.40. The van der Waals surface area contributed by atoms with Gasteiger partial charge < -0.3 is 39.0 Å².